The molecule has 1 amide bonds. The highest BCUT2D eigenvalue weighted by Gasteiger charge is 2.20. The van der Waals surface area contributed by atoms with Gasteiger partial charge in [0.15, 0.2) is 0 Å². The van der Waals surface area contributed by atoms with Crippen LogP contribution in [-0.2, 0) is 0 Å². The molecule has 0 aliphatic carbocycles. The zero-order chi connectivity index (χ0) is 17.4. The summed E-state index contributed by atoms with van der Waals surface area (Å²) in [5, 5.41) is 9.84. The van der Waals surface area contributed by atoms with Crippen molar-refractivity contribution < 1.29 is 9.90 Å². The van der Waals surface area contributed by atoms with Gasteiger partial charge in [-0.1, -0.05) is 11.6 Å². The fourth-order valence-electron chi connectivity index (χ4n) is 3.22. The molecule has 0 spiro atoms. The fraction of sp³-hybridized carbons (Fsp3) is 0.263. The highest BCUT2D eigenvalue weighted by atomic mass is 35.5. The Balaban J connectivity index is 1.67. The molecular weight excluding hydrogens is 338 g/mol. The number of nitrogens with one attached hydrogen (secondary N) is 1. The van der Waals surface area contributed by atoms with Crippen LogP contribution in [0, 0.1) is 0 Å². The van der Waals surface area contributed by atoms with Crippen LogP contribution >= 0.6 is 11.6 Å². The Morgan fingerprint density at radius 2 is 1.92 bits per heavy atom. The lowest BCUT2D eigenvalue weighted by molar-refractivity contribution is 0.0719. The number of likely N-dealkylation sites (tertiary alicyclic amines) is 1. The number of benzene rings is 1. The van der Waals surface area contributed by atoms with Gasteiger partial charge in [0, 0.05) is 18.7 Å². The van der Waals surface area contributed by atoms with E-state index in [-0.39, 0.29) is 16.7 Å². The number of H-pyrrole nitrogens is 1. The van der Waals surface area contributed by atoms with Crippen molar-refractivity contribution in [3.63, 3.8) is 0 Å². The SMILES string of the molecule is O=C(c1cc2nc(-c3ccc(O)c(Cl)c3)ccc2[nH]1)N1CCCCC1. The first kappa shape index (κ1) is 16.0. The monoisotopic (exact) mass is 355 g/mol. The number of rotatable bonds is 2. The van der Waals surface area contributed by atoms with Crippen LogP contribution in [0.2, 0.25) is 5.02 Å². The third-order valence-electron chi connectivity index (χ3n) is 4.59. The number of pyridine rings is 1. The molecule has 6 heteroatoms. The predicted molar refractivity (Wildman–Crippen MR) is 98.0 cm³/mol. The number of phenolic OH excluding ortho intramolecular Hbond substituents is 1. The van der Waals surface area contributed by atoms with E-state index in [1.54, 1.807) is 24.3 Å². The van der Waals surface area contributed by atoms with Gasteiger partial charge in [0.2, 0.25) is 0 Å². The molecule has 0 unspecified atom stereocenters. The zero-order valence-electron chi connectivity index (χ0n) is 13.6. The number of carbonyl (C=O) groups is 1. The first-order valence-electron chi connectivity index (χ1n) is 8.40. The second kappa shape index (κ2) is 6.41. The van der Waals surface area contributed by atoms with Crippen LogP contribution in [0.3, 0.4) is 0 Å². The molecule has 0 saturated carbocycles. The smallest absolute Gasteiger partial charge is 0.270 e. The summed E-state index contributed by atoms with van der Waals surface area (Å²) in [6.07, 6.45) is 3.32. The van der Waals surface area contributed by atoms with Crippen molar-refractivity contribution in [1.82, 2.24) is 14.9 Å². The van der Waals surface area contributed by atoms with Crippen LogP contribution in [0.4, 0.5) is 0 Å². The molecule has 2 N–H and O–H groups in total. The quantitative estimate of drug-likeness (QED) is 0.723. The van der Waals surface area contributed by atoms with E-state index < -0.39 is 0 Å². The van der Waals surface area contributed by atoms with Crippen LogP contribution in [0.1, 0.15) is 29.8 Å². The number of nitrogens with zero attached hydrogens (tertiary/aromatic N) is 2. The van der Waals surface area contributed by atoms with Crippen LogP contribution < -0.4 is 0 Å². The van der Waals surface area contributed by atoms with Crippen molar-refractivity contribution in [3.05, 3.63) is 47.1 Å². The van der Waals surface area contributed by atoms with Crippen molar-refractivity contribution in [2.24, 2.45) is 0 Å². The number of hydrogen-bond donors (Lipinski definition) is 2. The summed E-state index contributed by atoms with van der Waals surface area (Å²) in [5.41, 5.74) is 3.70. The minimum absolute atomic E-state index is 0.0342. The number of piperidine rings is 1. The van der Waals surface area contributed by atoms with E-state index in [9.17, 15) is 9.90 Å². The molecule has 1 aliphatic heterocycles. The first-order valence-corrected chi connectivity index (χ1v) is 8.77. The van der Waals surface area contributed by atoms with E-state index in [1.165, 1.54) is 6.42 Å². The number of carbonyl (C=O) groups excluding carboxylic acids is 1. The Hall–Kier alpha value is -2.53. The summed E-state index contributed by atoms with van der Waals surface area (Å²) in [6.45, 7) is 1.64. The molecule has 3 heterocycles. The maximum atomic E-state index is 12.6. The lowest BCUT2D eigenvalue weighted by Gasteiger charge is -2.26. The maximum absolute atomic E-state index is 12.6. The van der Waals surface area contributed by atoms with Gasteiger partial charge in [-0.15, -0.1) is 0 Å². The van der Waals surface area contributed by atoms with E-state index in [0.717, 1.165) is 48.2 Å². The minimum Gasteiger partial charge on any atom is -0.506 e. The molecule has 25 heavy (non-hydrogen) atoms. The van der Waals surface area contributed by atoms with Crippen molar-refractivity contribution in [2.45, 2.75) is 19.3 Å². The average molecular weight is 356 g/mol. The molecule has 128 valence electrons. The van der Waals surface area contributed by atoms with Crippen LogP contribution in [0.15, 0.2) is 36.4 Å². The van der Waals surface area contributed by atoms with Gasteiger partial charge in [0.05, 0.1) is 21.7 Å². The number of aromatic hydroxyl groups is 1. The second-order valence-electron chi connectivity index (χ2n) is 6.33. The molecule has 1 saturated heterocycles. The molecule has 1 fully saturated rings. The lowest BCUT2D eigenvalue weighted by atomic mass is 10.1. The summed E-state index contributed by atoms with van der Waals surface area (Å²) in [5.74, 6) is 0.0782. The molecule has 2 aromatic heterocycles. The first-order chi connectivity index (χ1) is 12.1. The Kier molecular flexibility index (Phi) is 4.09. The summed E-state index contributed by atoms with van der Waals surface area (Å²) in [4.78, 5) is 22.3. The molecule has 3 aromatic rings. The predicted octanol–water partition coefficient (Wildman–Crippen LogP) is 4.22. The van der Waals surface area contributed by atoms with Crippen molar-refractivity contribution in [2.75, 3.05) is 13.1 Å². The molecule has 1 aliphatic rings. The maximum Gasteiger partial charge on any atom is 0.270 e. The Bertz CT molecular complexity index is 945. The van der Waals surface area contributed by atoms with E-state index >= 15 is 0 Å². The van der Waals surface area contributed by atoms with E-state index in [1.807, 2.05) is 17.0 Å². The Morgan fingerprint density at radius 1 is 1.12 bits per heavy atom. The number of fused-ring (bicyclic) bond motifs is 1. The third-order valence-corrected chi connectivity index (χ3v) is 4.89. The molecular formula is C19H18ClN3O2. The Morgan fingerprint density at radius 3 is 2.68 bits per heavy atom. The largest absolute Gasteiger partial charge is 0.506 e. The van der Waals surface area contributed by atoms with Gasteiger partial charge in [-0.25, -0.2) is 4.98 Å². The van der Waals surface area contributed by atoms with E-state index in [2.05, 4.69) is 9.97 Å². The standard InChI is InChI=1S/C19H18ClN3O2/c20-13-10-12(4-7-18(13)24)14-5-6-15-16(21-14)11-17(22-15)19(25)23-8-2-1-3-9-23/h4-7,10-11,22,24H,1-3,8-9H2. The number of phenols is 1. The zero-order valence-corrected chi connectivity index (χ0v) is 14.4. The second-order valence-corrected chi connectivity index (χ2v) is 6.74. The fourth-order valence-corrected chi connectivity index (χ4v) is 3.40. The van der Waals surface area contributed by atoms with Crippen molar-refractivity contribution in [1.29, 1.82) is 0 Å². The summed E-state index contributed by atoms with van der Waals surface area (Å²) in [7, 11) is 0. The molecule has 4 rings (SSSR count). The van der Waals surface area contributed by atoms with Crippen LogP contribution in [0.5, 0.6) is 5.75 Å². The van der Waals surface area contributed by atoms with Gasteiger partial charge in [-0.05, 0) is 55.7 Å². The lowest BCUT2D eigenvalue weighted by Crippen LogP contribution is -2.35. The molecule has 0 radical (unpaired) electrons. The molecule has 1 aromatic carbocycles. The summed E-state index contributed by atoms with van der Waals surface area (Å²) < 4.78 is 0. The number of amides is 1. The van der Waals surface area contributed by atoms with Crippen LogP contribution in [-0.4, -0.2) is 39.0 Å². The van der Waals surface area contributed by atoms with Gasteiger partial charge in [-0.2, -0.15) is 0 Å². The van der Waals surface area contributed by atoms with Crippen molar-refractivity contribution >= 4 is 28.5 Å². The normalized spacial score (nSPS) is 14.8. The molecule has 0 atom stereocenters. The van der Waals surface area contributed by atoms with Crippen LogP contribution in [0.25, 0.3) is 22.3 Å². The third kappa shape index (κ3) is 3.07. The average Bonchev–Trinajstić information content (AvgIpc) is 3.07. The molecule has 5 nitrogen and oxygen atoms in total. The highest BCUT2D eigenvalue weighted by Crippen LogP contribution is 2.29. The molecule has 0 bridgehead atoms. The number of aromatic amines is 1. The van der Waals surface area contributed by atoms with E-state index in [0.29, 0.717) is 5.69 Å². The van der Waals surface area contributed by atoms with Gasteiger partial charge in [0.25, 0.3) is 5.91 Å². The number of hydrogen-bond acceptors (Lipinski definition) is 3. The van der Waals surface area contributed by atoms with Crippen molar-refractivity contribution in [3.8, 4) is 17.0 Å². The van der Waals surface area contributed by atoms with Gasteiger partial charge < -0.3 is 15.0 Å². The van der Waals surface area contributed by atoms with Gasteiger partial charge >= 0.3 is 0 Å². The van der Waals surface area contributed by atoms with Gasteiger partial charge in [-0.3, -0.25) is 4.79 Å². The number of halogens is 1. The van der Waals surface area contributed by atoms with E-state index in [4.69, 9.17) is 11.6 Å². The summed E-state index contributed by atoms with van der Waals surface area (Å²) in [6, 6.07) is 10.6. The Labute approximate surface area is 150 Å². The summed E-state index contributed by atoms with van der Waals surface area (Å²) >= 11 is 5.98. The number of aromatic nitrogens is 2. The minimum atomic E-state index is 0.0342. The highest BCUT2D eigenvalue weighted by molar-refractivity contribution is 6.32. The van der Waals surface area contributed by atoms with Gasteiger partial charge in [0.1, 0.15) is 11.4 Å². The topological polar surface area (TPSA) is 69.2 Å².